The molecule has 0 saturated carbocycles. The molecule has 1 N–H and O–H groups in total. The fourth-order valence-electron chi connectivity index (χ4n) is 1.90. The molecule has 25 heavy (non-hydrogen) atoms. The molecular weight excluding hydrogens is 364 g/mol. The highest BCUT2D eigenvalue weighted by Gasteiger charge is 2.25. The van der Waals surface area contributed by atoms with E-state index in [1.54, 1.807) is 32.9 Å². The molecule has 138 valence electrons. The lowest BCUT2D eigenvalue weighted by Gasteiger charge is -2.19. The zero-order chi connectivity index (χ0) is 18.7. The van der Waals surface area contributed by atoms with Crippen molar-refractivity contribution in [1.82, 2.24) is 5.32 Å². The van der Waals surface area contributed by atoms with E-state index >= 15 is 0 Å². The number of alkyl carbamates (subject to hydrolysis) is 1. The summed E-state index contributed by atoms with van der Waals surface area (Å²) in [6.07, 6.45) is -0.590. The molecule has 7 nitrogen and oxygen atoms in total. The standard InChI is InChI=1S/C16H22N2O5S2/c1-11-5-7-13(8-6-11)25(20,21)22-9-12-10-24-14(17-12)18-15(19)23-16(2,3)4/h5-8,12H,9-10H2,1-4H3,(H,17,18,19)/t12-/m0/s1. The second kappa shape index (κ2) is 7.76. The normalized spacial score (nSPS) is 17.9. The van der Waals surface area contributed by atoms with Crippen molar-refractivity contribution in [2.45, 2.75) is 44.2 Å². The quantitative estimate of drug-likeness (QED) is 0.800. The first kappa shape index (κ1) is 19.7. The zero-order valence-corrected chi connectivity index (χ0v) is 16.2. The Balaban J connectivity index is 1.88. The molecular formula is C16H22N2O5S2. The number of aliphatic imine (C=N–C) groups is 1. The molecule has 1 aliphatic rings. The Bertz CT molecular complexity index is 752. The van der Waals surface area contributed by atoms with Gasteiger partial charge in [-0.05, 0) is 39.8 Å². The van der Waals surface area contributed by atoms with E-state index in [1.807, 2.05) is 6.92 Å². The maximum absolute atomic E-state index is 12.1. The van der Waals surface area contributed by atoms with Crippen LogP contribution in [0.15, 0.2) is 34.2 Å². The van der Waals surface area contributed by atoms with Crippen molar-refractivity contribution in [1.29, 1.82) is 0 Å². The molecule has 1 aromatic rings. The molecule has 0 aromatic heterocycles. The number of rotatable bonds is 4. The third-order valence-electron chi connectivity index (χ3n) is 3.05. The van der Waals surface area contributed by atoms with Crippen LogP contribution in [0.4, 0.5) is 4.79 Å². The molecule has 1 amide bonds. The van der Waals surface area contributed by atoms with Gasteiger partial charge in [-0.15, -0.1) is 0 Å². The number of carbonyl (C=O) groups excluding carboxylic acids is 1. The number of nitrogens with one attached hydrogen (secondary N) is 1. The first-order valence-corrected chi connectivity index (χ1v) is 10.1. The molecule has 0 saturated heterocycles. The van der Waals surface area contributed by atoms with Crippen molar-refractivity contribution in [3.63, 3.8) is 0 Å². The van der Waals surface area contributed by atoms with Gasteiger partial charge in [-0.3, -0.25) is 14.5 Å². The lowest BCUT2D eigenvalue weighted by molar-refractivity contribution is 0.0564. The lowest BCUT2D eigenvalue weighted by atomic mass is 10.2. The van der Waals surface area contributed by atoms with Crippen molar-refractivity contribution < 1.29 is 22.1 Å². The van der Waals surface area contributed by atoms with E-state index in [0.29, 0.717) is 10.9 Å². The monoisotopic (exact) mass is 386 g/mol. The SMILES string of the molecule is Cc1ccc(S(=O)(=O)OC[C@H]2CSC(NC(=O)OC(C)(C)C)=N2)cc1. The van der Waals surface area contributed by atoms with Gasteiger partial charge >= 0.3 is 6.09 Å². The Morgan fingerprint density at radius 3 is 2.56 bits per heavy atom. The van der Waals surface area contributed by atoms with Crippen molar-refractivity contribution >= 4 is 33.1 Å². The van der Waals surface area contributed by atoms with Crippen LogP contribution in [-0.2, 0) is 19.0 Å². The van der Waals surface area contributed by atoms with E-state index in [0.717, 1.165) is 5.56 Å². The first-order chi connectivity index (χ1) is 11.5. The molecule has 9 heteroatoms. The fraction of sp³-hybridized carbons (Fsp3) is 0.500. The van der Waals surface area contributed by atoms with Crippen LogP contribution in [0, 0.1) is 6.92 Å². The summed E-state index contributed by atoms with van der Waals surface area (Å²) >= 11 is 1.32. The molecule has 2 rings (SSSR count). The summed E-state index contributed by atoms with van der Waals surface area (Å²) in [5, 5.41) is 2.95. The van der Waals surface area contributed by atoms with Crippen molar-refractivity contribution in [3.05, 3.63) is 29.8 Å². The maximum atomic E-state index is 12.1. The minimum absolute atomic E-state index is 0.0806. The highest BCUT2D eigenvalue weighted by molar-refractivity contribution is 8.14. The number of amides is 1. The molecule has 0 spiro atoms. The molecule has 1 aliphatic heterocycles. The summed E-state index contributed by atoms with van der Waals surface area (Å²) in [5.74, 6) is 0.522. The van der Waals surface area contributed by atoms with Gasteiger partial charge in [0.05, 0.1) is 17.5 Å². The average molecular weight is 386 g/mol. The van der Waals surface area contributed by atoms with Crippen molar-refractivity contribution in [2.24, 2.45) is 4.99 Å². The van der Waals surface area contributed by atoms with Gasteiger partial charge in [0.1, 0.15) is 5.60 Å². The van der Waals surface area contributed by atoms with Gasteiger partial charge < -0.3 is 4.74 Å². The average Bonchev–Trinajstić information content (AvgIpc) is 2.91. The van der Waals surface area contributed by atoms with E-state index in [-0.39, 0.29) is 17.5 Å². The summed E-state index contributed by atoms with van der Waals surface area (Å²) in [4.78, 5) is 16.1. The predicted octanol–water partition coefficient (Wildman–Crippen LogP) is 2.70. The van der Waals surface area contributed by atoms with Gasteiger partial charge in [-0.2, -0.15) is 8.42 Å². The first-order valence-electron chi connectivity index (χ1n) is 7.72. The number of thioether (sulfide) groups is 1. The van der Waals surface area contributed by atoms with Gasteiger partial charge in [0, 0.05) is 5.75 Å². The second-order valence-corrected chi connectivity index (χ2v) is 9.20. The van der Waals surface area contributed by atoms with Gasteiger partial charge in [0.2, 0.25) is 0 Å². The summed E-state index contributed by atoms with van der Waals surface area (Å²) in [6, 6.07) is 6.08. The number of aryl methyl sites for hydroxylation is 1. The summed E-state index contributed by atoms with van der Waals surface area (Å²) < 4.78 is 34.5. The van der Waals surface area contributed by atoms with Crippen LogP contribution in [-0.4, -0.2) is 43.7 Å². The molecule has 1 aromatic carbocycles. The van der Waals surface area contributed by atoms with E-state index in [4.69, 9.17) is 8.92 Å². The Morgan fingerprint density at radius 1 is 1.32 bits per heavy atom. The van der Waals surface area contributed by atoms with Crippen molar-refractivity contribution in [3.8, 4) is 0 Å². The molecule has 0 bridgehead atoms. The number of amidine groups is 1. The summed E-state index contributed by atoms with van der Waals surface area (Å²) in [6.45, 7) is 7.10. The van der Waals surface area contributed by atoms with E-state index in [1.165, 1.54) is 23.9 Å². The second-order valence-electron chi connectivity index (χ2n) is 6.58. The predicted molar refractivity (Wildman–Crippen MR) is 97.4 cm³/mol. The van der Waals surface area contributed by atoms with E-state index in [2.05, 4.69) is 10.3 Å². The highest BCUT2D eigenvalue weighted by atomic mass is 32.2. The summed E-state index contributed by atoms with van der Waals surface area (Å²) in [7, 11) is -3.82. The minimum atomic E-state index is -3.82. The van der Waals surface area contributed by atoms with Gasteiger partial charge in [-0.1, -0.05) is 29.5 Å². The molecule has 0 fully saturated rings. The van der Waals surface area contributed by atoms with Crippen molar-refractivity contribution in [2.75, 3.05) is 12.4 Å². The van der Waals surface area contributed by atoms with Crippen LogP contribution in [0.2, 0.25) is 0 Å². The highest BCUT2D eigenvalue weighted by Crippen LogP contribution is 2.20. The topological polar surface area (TPSA) is 94.1 Å². The third kappa shape index (κ3) is 6.33. The summed E-state index contributed by atoms with van der Waals surface area (Å²) in [5.41, 5.74) is 0.368. The molecule has 0 radical (unpaired) electrons. The van der Waals surface area contributed by atoms with E-state index in [9.17, 15) is 13.2 Å². The van der Waals surface area contributed by atoms with Crippen LogP contribution >= 0.6 is 11.8 Å². The minimum Gasteiger partial charge on any atom is -0.444 e. The Morgan fingerprint density at radius 2 is 1.96 bits per heavy atom. The van der Waals surface area contributed by atoms with Crippen LogP contribution in [0.3, 0.4) is 0 Å². The molecule has 1 atom stereocenters. The number of benzene rings is 1. The number of nitrogens with zero attached hydrogens (tertiary/aromatic N) is 1. The lowest BCUT2D eigenvalue weighted by Crippen LogP contribution is -2.34. The van der Waals surface area contributed by atoms with Crippen LogP contribution in [0.1, 0.15) is 26.3 Å². The Kier molecular flexibility index (Phi) is 6.12. The van der Waals surface area contributed by atoms with Crippen LogP contribution in [0.5, 0.6) is 0 Å². The zero-order valence-electron chi connectivity index (χ0n) is 14.6. The number of carbonyl (C=O) groups is 1. The Labute approximate surface area is 152 Å². The third-order valence-corrected chi connectivity index (χ3v) is 5.37. The number of ether oxygens (including phenoxy) is 1. The largest absolute Gasteiger partial charge is 0.444 e. The number of hydrogen-bond acceptors (Lipinski definition) is 7. The maximum Gasteiger partial charge on any atom is 0.413 e. The van der Waals surface area contributed by atoms with E-state index < -0.39 is 21.8 Å². The van der Waals surface area contributed by atoms with Crippen LogP contribution in [0.25, 0.3) is 0 Å². The molecule has 1 heterocycles. The number of hydrogen-bond donors (Lipinski definition) is 1. The van der Waals surface area contributed by atoms with Gasteiger partial charge in [-0.25, -0.2) is 4.79 Å². The molecule has 0 unspecified atom stereocenters. The van der Waals surface area contributed by atoms with Crippen LogP contribution < -0.4 is 5.32 Å². The van der Waals surface area contributed by atoms with Gasteiger partial charge in [0.25, 0.3) is 10.1 Å². The molecule has 0 aliphatic carbocycles. The smallest absolute Gasteiger partial charge is 0.413 e. The Hall–Kier alpha value is -1.58. The van der Waals surface area contributed by atoms with Gasteiger partial charge in [0.15, 0.2) is 5.17 Å². The fourth-order valence-corrected chi connectivity index (χ4v) is 3.74.